The molecule has 0 spiro atoms. The molecule has 0 bridgehead atoms. The van der Waals surface area contributed by atoms with Crippen molar-refractivity contribution in [2.75, 3.05) is 13.7 Å². The summed E-state index contributed by atoms with van der Waals surface area (Å²) >= 11 is 0. The number of ether oxygens (including phenoxy) is 1. The first kappa shape index (κ1) is 17.9. The molecule has 25 heavy (non-hydrogen) atoms. The van der Waals surface area contributed by atoms with Crippen molar-refractivity contribution in [2.45, 2.75) is 6.54 Å². The molecule has 0 N–H and O–H groups in total. The number of carbonyl (C=O) groups is 2. The highest BCUT2D eigenvalue weighted by Gasteiger charge is 2.12. The fourth-order valence-electron chi connectivity index (χ4n) is 1.89. The predicted octanol–water partition coefficient (Wildman–Crippen LogP) is 2.40. The third kappa shape index (κ3) is 5.61. The zero-order valence-electron chi connectivity index (χ0n) is 13.5. The number of furan rings is 1. The number of rotatable bonds is 7. The van der Waals surface area contributed by atoms with E-state index in [1.54, 1.807) is 19.2 Å². The molecule has 0 saturated heterocycles. The maximum Gasteiger partial charge on any atom is 0.331 e. The lowest BCUT2D eigenvalue weighted by Gasteiger charge is -2.15. The molecule has 0 aliphatic heterocycles. The van der Waals surface area contributed by atoms with Gasteiger partial charge in [0.05, 0.1) is 17.7 Å². The fraction of sp³-hybridized carbons (Fsp3) is 0.176. The third-order valence-electron chi connectivity index (χ3n) is 3.25. The van der Waals surface area contributed by atoms with Gasteiger partial charge in [0.2, 0.25) is 0 Å². The Morgan fingerprint density at radius 2 is 2.00 bits per heavy atom. The number of likely N-dealkylation sites (N-methyl/N-ethyl adjacent to an activating group) is 1. The molecule has 2 rings (SSSR count). The molecular weight excluding hydrogens is 328 g/mol. The topological polar surface area (TPSA) is 103 Å². The summed E-state index contributed by atoms with van der Waals surface area (Å²) in [6.07, 6.45) is 4.11. The van der Waals surface area contributed by atoms with Crippen LogP contribution in [0.15, 0.2) is 53.2 Å². The summed E-state index contributed by atoms with van der Waals surface area (Å²) in [5.74, 6) is -0.424. The molecule has 0 unspecified atom stereocenters. The summed E-state index contributed by atoms with van der Waals surface area (Å²) < 4.78 is 10.0. The highest BCUT2D eigenvalue weighted by atomic mass is 16.6. The zero-order chi connectivity index (χ0) is 18.2. The van der Waals surface area contributed by atoms with Crippen molar-refractivity contribution in [3.05, 3.63) is 70.2 Å². The van der Waals surface area contributed by atoms with Crippen LogP contribution in [0.2, 0.25) is 0 Å². The predicted molar refractivity (Wildman–Crippen MR) is 88.3 cm³/mol. The van der Waals surface area contributed by atoms with Crippen LogP contribution in [0.4, 0.5) is 5.69 Å². The standard InChI is InChI=1S/C17H16N2O6/c1-18(11-15-3-2-10-24-15)16(20)12-25-17(21)9-6-13-4-7-14(8-5-13)19(22)23/h2-10H,11-12H2,1H3/b9-6+. The molecule has 0 radical (unpaired) electrons. The van der Waals surface area contributed by atoms with Gasteiger partial charge in [-0.05, 0) is 35.9 Å². The Morgan fingerprint density at radius 3 is 2.60 bits per heavy atom. The molecule has 0 atom stereocenters. The number of carbonyl (C=O) groups excluding carboxylic acids is 2. The third-order valence-corrected chi connectivity index (χ3v) is 3.25. The second-order valence-corrected chi connectivity index (χ2v) is 5.12. The van der Waals surface area contributed by atoms with Crippen LogP contribution in [-0.4, -0.2) is 35.4 Å². The number of nitro benzene ring substituents is 1. The number of amides is 1. The highest BCUT2D eigenvalue weighted by molar-refractivity contribution is 5.89. The lowest BCUT2D eigenvalue weighted by atomic mass is 10.2. The van der Waals surface area contributed by atoms with Crippen LogP contribution in [0.5, 0.6) is 0 Å². The van der Waals surface area contributed by atoms with Crippen LogP contribution < -0.4 is 0 Å². The van der Waals surface area contributed by atoms with E-state index in [4.69, 9.17) is 9.15 Å². The first-order valence-corrected chi connectivity index (χ1v) is 7.31. The lowest BCUT2D eigenvalue weighted by molar-refractivity contribution is -0.384. The lowest BCUT2D eigenvalue weighted by Crippen LogP contribution is -2.30. The van der Waals surface area contributed by atoms with Gasteiger partial charge in [0, 0.05) is 25.3 Å². The Balaban J connectivity index is 1.79. The second-order valence-electron chi connectivity index (χ2n) is 5.12. The summed E-state index contributed by atoms with van der Waals surface area (Å²) in [4.78, 5) is 34.9. The molecule has 2 aromatic rings. The number of nitrogens with zero attached hydrogens (tertiary/aromatic N) is 2. The number of non-ortho nitro benzene ring substituents is 1. The maximum absolute atomic E-state index is 11.9. The van der Waals surface area contributed by atoms with Crippen molar-refractivity contribution >= 4 is 23.6 Å². The van der Waals surface area contributed by atoms with Gasteiger partial charge in [-0.15, -0.1) is 0 Å². The van der Waals surface area contributed by atoms with Crippen molar-refractivity contribution in [3.8, 4) is 0 Å². The molecule has 130 valence electrons. The van der Waals surface area contributed by atoms with E-state index in [-0.39, 0.29) is 24.7 Å². The van der Waals surface area contributed by atoms with Crippen LogP contribution in [0.1, 0.15) is 11.3 Å². The van der Waals surface area contributed by atoms with Crippen molar-refractivity contribution in [1.29, 1.82) is 0 Å². The fourth-order valence-corrected chi connectivity index (χ4v) is 1.89. The van der Waals surface area contributed by atoms with Gasteiger partial charge in [-0.1, -0.05) is 0 Å². The molecule has 8 nitrogen and oxygen atoms in total. The number of hydrogen-bond donors (Lipinski definition) is 0. The Morgan fingerprint density at radius 1 is 1.28 bits per heavy atom. The molecule has 1 aromatic heterocycles. The number of benzene rings is 1. The van der Waals surface area contributed by atoms with Crippen LogP contribution in [-0.2, 0) is 20.9 Å². The Bertz CT molecular complexity index is 765. The van der Waals surface area contributed by atoms with E-state index in [0.717, 1.165) is 6.08 Å². The Labute approximate surface area is 143 Å². The van der Waals surface area contributed by atoms with Crippen LogP contribution in [0.25, 0.3) is 6.08 Å². The van der Waals surface area contributed by atoms with Crippen LogP contribution in [0.3, 0.4) is 0 Å². The van der Waals surface area contributed by atoms with E-state index in [2.05, 4.69) is 0 Å². The first-order chi connectivity index (χ1) is 12.0. The van der Waals surface area contributed by atoms with Crippen LogP contribution >= 0.6 is 0 Å². The van der Waals surface area contributed by atoms with Gasteiger partial charge in [0.25, 0.3) is 11.6 Å². The molecule has 0 fully saturated rings. The minimum atomic E-state index is -0.682. The molecule has 1 heterocycles. The molecular formula is C17H16N2O6. The van der Waals surface area contributed by atoms with Gasteiger partial charge in [0.15, 0.2) is 6.61 Å². The largest absolute Gasteiger partial charge is 0.467 e. The average Bonchev–Trinajstić information content (AvgIpc) is 3.11. The highest BCUT2D eigenvalue weighted by Crippen LogP contribution is 2.12. The zero-order valence-corrected chi connectivity index (χ0v) is 13.5. The van der Waals surface area contributed by atoms with E-state index < -0.39 is 10.9 Å². The number of hydrogen-bond acceptors (Lipinski definition) is 6. The molecule has 1 aromatic carbocycles. The maximum atomic E-state index is 11.9. The summed E-state index contributed by atoms with van der Waals surface area (Å²) in [7, 11) is 1.57. The monoisotopic (exact) mass is 344 g/mol. The summed E-state index contributed by atoms with van der Waals surface area (Å²) in [5, 5.41) is 10.6. The second kappa shape index (κ2) is 8.44. The van der Waals surface area contributed by atoms with Crippen molar-refractivity contribution in [2.24, 2.45) is 0 Å². The van der Waals surface area contributed by atoms with Crippen molar-refractivity contribution in [3.63, 3.8) is 0 Å². The number of nitro groups is 1. The van der Waals surface area contributed by atoms with Gasteiger partial charge < -0.3 is 14.1 Å². The van der Waals surface area contributed by atoms with Gasteiger partial charge in [-0.3, -0.25) is 14.9 Å². The molecule has 0 saturated carbocycles. The smallest absolute Gasteiger partial charge is 0.331 e. The van der Waals surface area contributed by atoms with Gasteiger partial charge in [-0.25, -0.2) is 4.79 Å². The minimum absolute atomic E-state index is 0.0371. The van der Waals surface area contributed by atoms with E-state index in [1.807, 2.05) is 0 Å². The summed E-state index contributed by atoms with van der Waals surface area (Å²) in [6.45, 7) is -0.108. The SMILES string of the molecule is CN(Cc1ccco1)C(=O)COC(=O)/C=C/c1ccc([N+](=O)[O-])cc1. The van der Waals surface area contributed by atoms with Crippen molar-refractivity contribution in [1.82, 2.24) is 4.90 Å². The minimum Gasteiger partial charge on any atom is -0.467 e. The quantitative estimate of drug-likeness (QED) is 0.331. The van der Waals surface area contributed by atoms with Crippen molar-refractivity contribution < 1.29 is 23.7 Å². The number of esters is 1. The van der Waals surface area contributed by atoms with E-state index >= 15 is 0 Å². The van der Waals surface area contributed by atoms with E-state index in [1.165, 1.54) is 41.5 Å². The van der Waals surface area contributed by atoms with Gasteiger partial charge in [0.1, 0.15) is 5.76 Å². The van der Waals surface area contributed by atoms with Gasteiger partial charge in [-0.2, -0.15) is 0 Å². The average molecular weight is 344 g/mol. The molecule has 0 aliphatic rings. The molecule has 1 amide bonds. The first-order valence-electron chi connectivity index (χ1n) is 7.31. The molecule has 8 heteroatoms. The summed E-state index contributed by atoms with van der Waals surface area (Å²) in [6, 6.07) is 9.13. The normalized spacial score (nSPS) is 10.6. The Hall–Kier alpha value is -3.42. The van der Waals surface area contributed by atoms with E-state index in [0.29, 0.717) is 11.3 Å². The van der Waals surface area contributed by atoms with Gasteiger partial charge >= 0.3 is 5.97 Å². The Kier molecular flexibility index (Phi) is 6.05. The summed E-state index contributed by atoms with van der Waals surface area (Å²) in [5.41, 5.74) is 0.564. The van der Waals surface area contributed by atoms with Crippen LogP contribution in [0, 0.1) is 10.1 Å². The van der Waals surface area contributed by atoms with E-state index in [9.17, 15) is 19.7 Å². The molecule has 0 aliphatic carbocycles.